The molecule has 0 saturated heterocycles. The first kappa shape index (κ1) is 16.0. The highest BCUT2D eigenvalue weighted by Gasteiger charge is 2.24. The van der Waals surface area contributed by atoms with Gasteiger partial charge in [-0.1, -0.05) is 0 Å². The average molecular weight is 346 g/mol. The summed E-state index contributed by atoms with van der Waals surface area (Å²) in [7, 11) is 1.12. The summed E-state index contributed by atoms with van der Waals surface area (Å²) >= 11 is 3.06. The van der Waals surface area contributed by atoms with Crippen molar-refractivity contribution in [2.24, 2.45) is 0 Å². The summed E-state index contributed by atoms with van der Waals surface area (Å²) in [4.78, 5) is 33.9. The maximum absolute atomic E-state index is 11.8. The number of hydrogen-bond donors (Lipinski definition) is 3. The number of aromatic hydroxyl groups is 1. The highest BCUT2D eigenvalue weighted by Crippen LogP contribution is 2.24. The molecule has 1 amide bonds. The van der Waals surface area contributed by atoms with Crippen LogP contribution in [0.3, 0.4) is 0 Å². The van der Waals surface area contributed by atoms with Crippen LogP contribution < -0.4 is 5.32 Å². The molecule has 0 aliphatic heterocycles. The number of benzene rings is 1. The zero-order valence-corrected chi connectivity index (χ0v) is 12.0. The van der Waals surface area contributed by atoms with E-state index in [1.54, 1.807) is 0 Å². The molecule has 20 heavy (non-hydrogen) atoms. The predicted molar refractivity (Wildman–Crippen MR) is 71.3 cm³/mol. The van der Waals surface area contributed by atoms with Gasteiger partial charge in [0.2, 0.25) is 0 Å². The molecule has 8 heteroatoms. The van der Waals surface area contributed by atoms with Gasteiger partial charge in [-0.25, -0.2) is 4.79 Å². The van der Waals surface area contributed by atoms with Crippen molar-refractivity contribution in [1.29, 1.82) is 0 Å². The summed E-state index contributed by atoms with van der Waals surface area (Å²) < 4.78 is 4.75. The van der Waals surface area contributed by atoms with Crippen LogP contribution >= 0.6 is 15.9 Å². The number of halogens is 1. The number of phenols is 1. The van der Waals surface area contributed by atoms with Crippen molar-refractivity contribution in [2.75, 3.05) is 7.11 Å². The Bertz CT molecular complexity index is 545. The van der Waals surface area contributed by atoms with Crippen molar-refractivity contribution in [3.63, 3.8) is 0 Å². The Morgan fingerprint density at radius 2 is 2.05 bits per heavy atom. The van der Waals surface area contributed by atoms with Crippen LogP contribution in [-0.4, -0.2) is 41.2 Å². The lowest BCUT2D eigenvalue weighted by Crippen LogP contribution is -2.42. The normalized spacial score (nSPS) is 11.5. The minimum absolute atomic E-state index is 0.0711. The molecular weight excluding hydrogens is 334 g/mol. The van der Waals surface area contributed by atoms with E-state index < -0.39 is 30.3 Å². The predicted octanol–water partition coefficient (Wildman–Crippen LogP) is 0.901. The van der Waals surface area contributed by atoms with E-state index >= 15 is 0 Å². The fraction of sp³-hybridized carbons (Fsp3) is 0.250. The van der Waals surface area contributed by atoms with E-state index in [1.807, 2.05) is 0 Å². The summed E-state index contributed by atoms with van der Waals surface area (Å²) in [5.41, 5.74) is 0.0711. The third-order valence-corrected chi connectivity index (χ3v) is 3.08. The van der Waals surface area contributed by atoms with Crippen molar-refractivity contribution in [2.45, 2.75) is 12.5 Å². The number of hydrogen-bond acceptors (Lipinski definition) is 5. The van der Waals surface area contributed by atoms with Crippen LogP contribution in [0, 0.1) is 0 Å². The average Bonchev–Trinajstić information content (AvgIpc) is 2.40. The van der Waals surface area contributed by atoms with E-state index in [-0.39, 0.29) is 11.3 Å². The minimum atomic E-state index is -1.40. The Hall–Kier alpha value is -2.09. The van der Waals surface area contributed by atoms with Crippen molar-refractivity contribution >= 4 is 33.8 Å². The first-order chi connectivity index (χ1) is 9.35. The number of nitrogens with one attached hydrogen (secondary N) is 1. The van der Waals surface area contributed by atoms with Gasteiger partial charge in [0.25, 0.3) is 5.91 Å². The highest BCUT2D eigenvalue weighted by molar-refractivity contribution is 9.10. The number of aliphatic carboxylic acids is 1. The van der Waals surface area contributed by atoms with Crippen molar-refractivity contribution < 1.29 is 29.3 Å². The number of carbonyl (C=O) groups excluding carboxylic acids is 2. The standard InChI is InChI=1S/C12H12BrNO6/c1-20-10(16)5-8(12(18)19)14-11(17)6-2-3-7(13)9(15)4-6/h2-4,8,15H,5H2,1H3,(H,14,17)(H,18,19)/t8-/m0/s1. The van der Waals surface area contributed by atoms with Gasteiger partial charge in [-0.2, -0.15) is 0 Å². The second kappa shape index (κ2) is 6.90. The molecule has 0 heterocycles. The maximum atomic E-state index is 11.8. The number of carboxylic acid groups (broad SMARTS) is 1. The zero-order valence-electron chi connectivity index (χ0n) is 10.4. The Kier molecular flexibility index (Phi) is 5.51. The molecule has 0 aliphatic carbocycles. The van der Waals surface area contributed by atoms with Gasteiger partial charge in [0, 0.05) is 5.56 Å². The molecule has 0 saturated carbocycles. The number of methoxy groups -OCH3 is 1. The van der Waals surface area contributed by atoms with E-state index in [0.717, 1.165) is 7.11 Å². The van der Waals surface area contributed by atoms with Crippen LogP contribution in [0.2, 0.25) is 0 Å². The third kappa shape index (κ3) is 4.23. The molecule has 1 aromatic rings. The molecule has 0 aliphatic rings. The second-order valence-electron chi connectivity index (χ2n) is 3.81. The van der Waals surface area contributed by atoms with Gasteiger partial charge < -0.3 is 20.3 Å². The van der Waals surface area contributed by atoms with Crippen molar-refractivity contribution in [3.8, 4) is 5.75 Å². The molecule has 7 nitrogen and oxygen atoms in total. The minimum Gasteiger partial charge on any atom is -0.507 e. The number of esters is 1. The SMILES string of the molecule is COC(=O)C[C@H](NC(=O)c1ccc(Br)c(O)c1)C(=O)O. The Morgan fingerprint density at radius 3 is 2.55 bits per heavy atom. The molecule has 0 unspecified atom stereocenters. The molecule has 0 radical (unpaired) electrons. The lowest BCUT2D eigenvalue weighted by molar-refractivity contribution is -0.147. The summed E-state index contributed by atoms with van der Waals surface area (Å²) in [5.74, 6) is -2.98. The molecule has 108 valence electrons. The molecule has 1 atom stereocenters. The largest absolute Gasteiger partial charge is 0.507 e. The van der Waals surface area contributed by atoms with E-state index in [4.69, 9.17) is 5.11 Å². The Balaban J connectivity index is 2.82. The molecule has 0 fully saturated rings. The lowest BCUT2D eigenvalue weighted by Gasteiger charge is -2.13. The van der Waals surface area contributed by atoms with Crippen LogP contribution in [-0.2, 0) is 14.3 Å². The quantitative estimate of drug-likeness (QED) is 0.683. The molecular formula is C12H12BrNO6. The van der Waals surface area contributed by atoms with E-state index in [1.165, 1.54) is 18.2 Å². The smallest absolute Gasteiger partial charge is 0.326 e. The third-order valence-electron chi connectivity index (χ3n) is 2.41. The Labute approximate surface area is 122 Å². The fourth-order valence-electron chi connectivity index (χ4n) is 1.35. The molecule has 0 bridgehead atoms. The van der Waals surface area contributed by atoms with Crippen molar-refractivity contribution in [3.05, 3.63) is 28.2 Å². The number of carbonyl (C=O) groups is 3. The first-order valence-corrected chi connectivity index (χ1v) is 6.23. The number of amides is 1. The molecule has 1 aromatic carbocycles. The van der Waals surface area contributed by atoms with Gasteiger partial charge in [-0.15, -0.1) is 0 Å². The van der Waals surface area contributed by atoms with Gasteiger partial charge >= 0.3 is 11.9 Å². The monoisotopic (exact) mass is 345 g/mol. The van der Waals surface area contributed by atoms with Gasteiger partial charge in [0.15, 0.2) is 0 Å². The summed E-state index contributed by atoms with van der Waals surface area (Å²) in [5, 5.41) is 20.6. The van der Waals surface area contributed by atoms with Crippen LogP contribution in [0.4, 0.5) is 0 Å². The molecule has 3 N–H and O–H groups in total. The zero-order chi connectivity index (χ0) is 15.3. The fourth-order valence-corrected chi connectivity index (χ4v) is 1.59. The van der Waals surface area contributed by atoms with Crippen LogP contribution in [0.5, 0.6) is 5.75 Å². The Morgan fingerprint density at radius 1 is 1.40 bits per heavy atom. The van der Waals surface area contributed by atoms with E-state index in [0.29, 0.717) is 4.47 Å². The topological polar surface area (TPSA) is 113 Å². The van der Waals surface area contributed by atoms with E-state index in [9.17, 15) is 19.5 Å². The summed E-state index contributed by atoms with van der Waals surface area (Å²) in [6.45, 7) is 0. The van der Waals surface area contributed by atoms with Gasteiger partial charge in [0.1, 0.15) is 11.8 Å². The molecule has 0 spiro atoms. The van der Waals surface area contributed by atoms with Crippen LogP contribution in [0.1, 0.15) is 16.8 Å². The number of ether oxygens (including phenoxy) is 1. The molecule has 1 rings (SSSR count). The first-order valence-electron chi connectivity index (χ1n) is 5.44. The van der Waals surface area contributed by atoms with E-state index in [2.05, 4.69) is 26.0 Å². The summed E-state index contributed by atoms with van der Waals surface area (Å²) in [6.07, 6.45) is -0.486. The number of phenolic OH excluding ortho intramolecular Hbond substituents is 1. The van der Waals surface area contributed by atoms with Crippen LogP contribution in [0.15, 0.2) is 22.7 Å². The second-order valence-corrected chi connectivity index (χ2v) is 4.67. The van der Waals surface area contributed by atoms with Gasteiger partial charge in [-0.05, 0) is 34.1 Å². The number of rotatable bonds is 5. The molecule has 0 aromatic heterocycles. The number of carboxylic acids is 1. The van der Waals surface area contributed by atoms with Crippen molar-refractivity contribution in [1.82, 2.24) is 5.32 Å². The van der Waals surface area contributed by atoms with Crippen LogP contribution in [0.25, 0.3) is 0 Å². The van der Waals surface area contributed by atoms with Gasteiger partial charge in [-0.3, -0.25) is 9.59 Å². The summed E-state index contributed by atoms with van der Waals surface area (Å²) in [6, 6.07) is 2.62. The van der Waals surface area contributed by atoms with Gasteiger partial charge in [0.05, 0.1) is 18.0 Å². The lowest BCUT2D eigenvalue weighted by atomic mass is 10.1. The highest BCUT2D eigenvalue weighted by atomic mass is 79.9. The maximum Gasteiger partial charge on any atom is 0.326 e.